The molecule has 0 fully saturated rings. The summed E-state index contributed by atoms with van der Waals surface area (Å²) in [7, 11) is 1.61. The third kappa shape index (κ3) is 4.28. The van der Waals surface area contributed by atoms with E-state index in [0.29, 0.717) is 0 Å². The lowest BCUT2D eigenvalue weighted by molar-refractivity contribution is -0.136. The predicted octanol–water partition coefficient (Wildman–Crippen LogP) is 1.45. The fourth-order valence-electron chi connectivity index (χ4n) is 1.81. The highest BCUT2D eigenvalue weighted by atomic mass is 16.5. The third-order valence-corrected chi connectivity index (χ3v) is 3.08. The molecule has 1 aromatic rings. The molecule has 1 amide bonds. The molecular weight excluding hydrogens is 246 g/mol. The second-order valence-corrected chi connectivity index (χ2v) is 4.35. The van der Waals surface area contributed by atoms with E-state index in [4.69, 9.17) is 9.84 Å². The van der Waals surface area contributed by atoms with Crippen molar-refractivity contribution in [1.82, 2.24) is 5.32 Å². The zero-order valence-electron chi connectivity index (χ0n) is 11.4. The fraction of sp³-hybridized carbons (Fsp3) is 0.429. The van der Waals surface area contributed by atoms with E-state index in [2.05, 4.69) is 5.32 Å². The maximum Gasteiger partial charge on any atom is 0.305 e. The minimum absolute atomic E-state index is 0.0631. The Kier molecular flexibility index (Phi) is 5.36. The van der Waals surface area contributed by atoms with Crippen LogP contribution in [0.15, 0.2) is 12.1 Å². The lowest BCUT2D eigenvalue weighted by atomic mass is 10.00. The lowest BCUT2D eigenvalue weighted by Crippen LogP contribution is -2.27. The van der Waals surface area contributed by atoms with Gasteiger partial charge in [-0.3, -0.25) is 9.59 Å². The molecule has 19 heavy (non-hydrogen) atoms. The first-order valence-corrected chi connectivity index (χ1v) is 6.07. The fourth-order valence-corrected chi connectivity index (χ4v) is 1.81. The number of aliphatic carboxylic acids is 1. The third-order valence-electron chi connectivity index (χ3n) is 3.08. The molecular formula is C14H19NO4. The number of hydrogen-bond donors (Lipinski definition) is 2. The molecule has 0 heterocycles. The quantitative estimate of drug-likeness (QED) is 0.816. The number of nitrogens with one attached hydrogen (secondary N) is 1. The summed E-state index contributed by atoms with van der Waals surface area (Å²) in [5.41, 5.74) is 2.96. The number of carboxylic acids is 1. The van der Waals surface area contributed by atoms with Gasteiger partial charge in [0, 0.05) is 6.54 Å². The minimum Gasteiger partial charge on any atom is -0.496 e. The normalized spacial score (nSPS) is 10.1. The van der Waals surface area contributed by atoms with Crippen molar-refractivity contribution < 1.29 is 19.4 Å². The Balaban J connectivity index is 2.64. The smallest absolute Gasteiger partial charge is 0.305 e. The average Bonchev–Trinajstić information content (AvgIpc) is 2.35. The highest BCUT2D eigenvalue weighted by Crippen LogP contribution is 2.24. The molecule has 0 aliphatic carbocycles. The van der Waals surface area contributed by atoms with E-state index in [1.165, 1.54) is 0 Å². The minimum atomic E-state index is -0.920. The van der Waals surface area contributed by atoms with Crippen molar-refractivity contribution in [3.8, 4) is 5.75 Å². The Labute approximate surface area is 112 Å². The van der Waals surface area contributed by atoms with Gasteiger partial charge in [0.05, 0.1) is 20.0 Å². The van der Waals surface area contributed by atoms with Gasteiger partial charge in [-0.25, -0.2) is 0 Å². The molecule has 0 atom stereocenters. The number of ether oxygens (including phenoxy) is 1. The Morgan fingerprint density at radius 3 is 2.53 bits per heavy atom. The van der Waals surface area contributed by atoms with Crippen LogP contribution in [0.25, 0.3) is 0 Å². The number of rotatable bonds is 6. The molecule has 0 aromatic heterocycles. The summed E-state index contributed by atoms with van der Waals surface area (Å²) >= 11 is 0. The summed E-state index contributed by atoms with van der Waals surface area (Å²) in [5, 5.41) is 11.1. The van der Waals surface area contributed by atoms with Gasteiger partial charge in [-0.15, -0.1) is 0 Å². The van der Waals surface area contributed by atoms with Gasteiger partial charge in [-0.1, -0.05) is 6.07 Å². The van der Waals surface area contributed by atoms with Crippen molar-refractivity contribution in [2.75, 3.05) is 13.7 Å². The molecule has 1 rings (SSSR count). The maximum absolute atomic E-state index is 11.7. The molecule has 0 bridgehead atoms. The molecule has 5 heteroatoms. The molecule has 1 aromatic carbocycles. The van der Waals surface area contributed by atoms with Crippen LogP contribution < -0.4 is 10.1 Å². The highest BCUT2D eigenvalue weighted by Gasteiger charge is 2.10. The van der Waals surface area contributed by atoms with Crippen LogP contribution in [0.2, 0.25) is 0 Å². The number of carbonyl (C=O) groups excluding carboxylic acids is 1. The van der Waals surface area contributed by atoms with Crippen molar-refractivity contribution in [2.24, 2.45) is 0 Å². The van der Waals surface area contributed by atoms with Gasteiger partial charge in [-0.05, 0) is 36.6 Å². The topological polar surface area (TPSA) is 75.6 Å². The van der Waals surface area contributed by atoms with Crippen LogP contribution in [-0.2, 0) is 16.0 Å². The second kappa shape index (κ2) is 6.78. The number of amides is 1. The van der Waals surface area contributed by atoms with Gasteiger partial charge in [0.2, 0.25) is 5.91 Å². The van der Waals surface area contributed by atoms with Crippen LogP contribution in [0.5, 0.6) is 5.75 Å². The summed E-state index contributed by atoms with van der Waals surface area (Å²) in [6.07, 6.45) is 0.183. The Bertz CT molecular complexity index is 483. The maximum atomic E-state index is 11.7. The molecule has 0 unspecified atom stereocenters. The summed E-state index contributed by atoms with van der Waals surface area (Å²) < 4.78 is 5.21. The van der Waals surface area contributed by atoms with Crippen molar-refractivity contribution in [3.05, 3.63) is 28.8 Å². The van der Waals surface area contributed by atoms with Gasteiger partial charge in [0.25, 0.3) is 0 Å². The molecule has 0 aliphatic heterocycles. The largest absolute Gasteiger partial charge is 0.496 e. The number of hydrogen-bond acceptors (Lipinski definition) is 3. The van der Waals surface area contributed by atoms with Crippen molar-refractivity contribution in [2.45, 2.75) is 26.7 Å². The Hall–Kier alpha value is -2.04. The number of carbonyl (C=O) groups is 2. The summed E-state index contributed by atoms with van der Waals surface area (Å²) in [6.45, 7) is 4.04. The standard InChI is InChI=1S/C14H19NO4/c1-9-10(2)12(19-3)5-4-11(9)8-13(16)15-7-6-14(17)18/h4-5H,6-8H2,1-3H3,(H,15,16)(H,17,18). The van der Waals surface area contributed by atoms with Crippen LogP contribution in [0.3, 0.4) is 0 Å². The van der Waals surface area contributed by atoms with Gasteiger partial charge in [-0.2, -0.15) is 0 Å². The Morgan fingerprint density at radius 1 is 1.26 bits per heavy atom. The van der Waals surface area contributed by atoms with Gasteiger partial charge in [0.1, 0.15) is 5.75 Å². The van der Waals surface area contributed by atoms with E-state index < -0.39 is 5.97 Å². The van der Waals surface area contributed by atoms with Crippen LogP contribution in [-0.4, -0.2) is 30.6 Å². The molecule has 5 nitrogen and oxygen atoms in total. The van der Waals surface area contributed by atoms with Crippen LogP contribution in [0.1, 0.15) is 23.1 Å². The first-order valence-electron chi connectivity index (χ1n) is 6.07. The van der Waals surface area contributed by atoms with Crippen LogP contribution >= 0.6 is 0 Å². The zero-order valence-corrected chi connectivity index (χ0v) is 11.4. The van der Waals surface area contributed by atoms with E-state index in [0.717, 1.165) is 22.4 Å². The monoisotopic (exact) mass is 265 g/mol. The van der Waals surface area contributed by atoms with E-state index in [9.17, 15) is 9.59 Å². The van der Waals surface area contributed by atoms with Crippen molar-refractivity contribution in [1.29, 1.82) is 0 Å². The zero-order chi connectivity index (χ0) is 14.4. The lowest BCUT2D eigenvalue weighted by Gasteiger charge is -2.12. The van der Waals surface area contributed by atoms with Crippen LogP contribution in [0, 0.1) is 13.8 Å². The summed E-state index contributed by atoms with van der Waals surface area (Å²) in [5.74, 6) is -0.293. The molecule has 0 spiro atoms. The molecule has 0 aliphatic rings. The SMILES string of the molecule is COc1ccc(CC(=O)NCCC(=O)O)c(C)c1C. The molecule has 104 valence electrons. The highest BCUT2D eigenvalue weighted by molar-refractivity contribution is 5.79. The first kappa shape index (κ1) is 15.0. The van der Waals surface area contributed by atoms with E-state index in [1.54, 1.807) is 7.11 Å². The average molecular weight is 265 g/mol. The molecule has 0 saturated carbocycles. The Morgan fingerprint density at radius 2 is 1.95 bits per heavy atom. The number of benzene rings is 1. The van der Waals surface area contributed by atoms with E-state index in [1.807, 2.05) is 26.0 Å². The van der Waals surface area contributed by atoms with Gasteiger partial charge < -0.3 is 15.2 Å². The van der Waals surface area contributed by atoms with E-state index in [-0.39, 0.29) is 25.3 Å². The first-order chi connectivity index (χ1) is 8.95. The number of carboxylic acid groups (broad SMARTS) is 1. The summed E-state index contributed by atoms with van der Waals surface area (Å²) in [4.78, 5) is 22.0. The van der Waals surface area contributed by atoms with E-state index >= 15 is 0 Å². The van der Waals surface area contributed by atoms with Crippen LogP contribution in [0.4, 0.5) is 0 Å². The molecule has 0 saturated heterocycles. The van der Waals surface area contributed by atoms with Crippen molar-refractivity contribution >= 4 is 11.9 Å². The van der Waals surface area contributed by atoms with Gasteiger partial charge >= 0.3 is 5.97 Å². The predicted molar refractivity (Wildman–Crippen MR) is 71.4 cm³/mol. The molecule has 2 N–H and O–H groups in total. The second-order valence-electron chi connectivity index (χ2n) is 4.35. The summed E-state index contributed by atoms with van der Waals surface area (Å²) in [6, 6.07) is 3.69. The van der Waals surface area contributed by atoms with Gasteiger partial charge in [0.15, 0.2) is 0 Å². The number of methoxy groups -OCH3 is 1. The van der Waals surface area contributed by atoms with Crippen molar-refractivity contribution in [3.63, 3.8) is 0 Å². The molecule has 0 radical (unpaired) electrons.